The third-order valence-corrected chi connectivity index (χ3v) is 4.53. The van der Waals surface area contributed by atoms with Crippen LogP contribution in [0.4, 0.5) is 0 Å². The highest BCUT2D eigenvalue weighted by Crippen LogP contribution is 2.22. The van der Waals surface area contributed by atoms with Gasteiger partial charge in [-0.25, -0.2) is 4.98 Å². The minimum absolute atomic E-state index is 0.330. The van der Waals surface area contributed by atoms with E-state index < -0.39 is 12.0 Å². The Bertz CT molecular complexity index is 907. The van der Waals surface area contributed by atoms with Gasteiger partial charge in [-0.1, -0.05) is 54.1 Å². The summed E-state index contributed by atoms with van der Waals surface area (Å²) in [5.74, 6) is 0.473. The number of imidazole rings is 1. The van der Waals surface area contributed by atoms with Gasteiger partial charge in [-0.15, -0.1) is 0 Å². The average molecular weight is 370 g/mol. The highest BCUT2D eigenvalue weighted by atomic mass is 35.5. The number of amides is 1. The van der Waals surface area contributed by atoms with Crippen LogP contribution < -0.4 is 5.32 Å². The summed E-state index contributed by atoms with van der Waals surface area (Å²) in [5, 5.41) is 13.3. The van der Waals surface area contributed by atoms with Crippen LogP contribution in [0.15, 0.2) is 60.9 Å². The number of carbonyl (C=O) groups excluding carboxylic acids is 1. The van der Waals surface area contributed by atoms with E-state index in [1.165, 1.54) is 0 Å². The maximum Gasteiger partial charge on any atom is 0.253 e. The molecule has 0 unspecified atom stereocenters. The Kier molecular flexibility index (Phi) is 5.71. The lowest BCUT2D eigenvalue weighted by molar-refractivity contribution is -0.129. The number of hydrogen-bond acceptors (Lipinski definition) is 3. The standard InChI is InChI=1S/C20H20ClN3O2/c1-14-22-9-10-24(14)13-16-6-4-5-15(11-16)12-23-20(26)19(25)17-7-2-3-8-18(17)21/h2-11,19,25H,12-13H2,1H3,(H,23,26)/t19-/m1/s1. The van der Waals surface area contributed by atoms with Crippen LogP contribution in [-0.4, -0.2) is 20.6 Å². The number of rotatable bonds is 6. The molecule has 0 saturated carbocycles. The number of nitrogens with one attached hydrogen (secondary N) is 1. The summed E-state index contributed by atoms with van der Waals surface area (Å²) in [5.41, 5.74) is 2.47. The number of aryl methyl sites for hydroxylation is 1. The first-order valence-corrected chi connectivity index (χ1v) is 8.68. The van der Waals surface area contributed by atoms with Gasteiger partial charge in [-0.3, -0.25) is 4.79 Å². The molecule has 0 bridgehead atoms. The molecule has 1 atom stereocenters. The average Bonchev–Trinajstić information content (AvgIpc) is 3.04. The van der Waals surface area contributed by atoms with E-state index >= 15 is 0 Å². The van der Waals surface area contributed by atoms with E-state index in [0.29, 0.717) is 17.1 Å². The Labute approximate surface area is 157 Å². The van der Waals surface area contributed by atoms with Crippen LogP contribution in [0.3, 0.4) is 0 Å². The second-order valence-corrected chi connectivity index (χ2v) is 6.47. The Morgan fingerprint density at radius 2 is 2.00 bits per heavy atom. The van der Waals surface area contributed by atoms with Crippen molar-refractivity contribution in [3.05, 3.63) is 88.5 Å². The zero-order valence-corrected chi connectivity index (χ0v) is 15.1. The summed E-state index contributed by atoms with van der Waals surface area (Å²) in [4.78, 5) is 16.4. The van der Waals surface area contributed by atoms with E-state index in [0.717, 1.165) is 23.5 Å². The molecule has 1 aromatic heterocycles. The Morgan fingerprint density at radius 3 is 2.73 bits per heavy atom. The largest absolute Gasteiger partial charge is 0.378 e. The predicted molar refractivity (Wildman–Crippen MR) is 101 cm³/mol. The molecule has 0 aliphatic heterocycles. The number of aliphatic hydroxyl groups excluding tert-OH is 1. The van der Waals surface area contributed by atoms with Crippen molar-refractivity contribution in [3.8, 4) is 0 Å². The van der Waals surface area contributed by atoms with E-state index in [2.05, 4.69) is 14.9 Å². The lowest BCUT2D eigenvalue weighted by Gasteiger charge is -2.13. The Balaban J connectivity index is 1.62. The maximum absolute atomic E-state index is 12.2. The lowest BCUT2D eigenvalue weighted by Crippen LogP contribution is -2.29. The number of aliphatic hydroxyl groups is 1. The molecule has 1 heterocycles. The number of hydrogen-bond donors (Lipinski definition) is 2. The van der Waals surface area contributed by atoms with Gasteiger partial charge in [0.15, 0.2) is 6.10 Å². The van der Waals surface area contributed by atoms with E-state index in [-0.39, 0.29) is 0 Å². The molecule has 0 saturated heterocycles. The molecule has 6 heteroatoms. The highest BCUT2D eigenvalue weighted by Gasteiger charge is 2.19. The van der Waals surface area contributed by atoms with Crippen LogP contribution in [0.1, 0.15) is 28.6 Å². The van der Waals surface area contributed by atoms with Gasteiger partial charge in [0.2, 0.25) is 0 Å². The zero-order chi connectivity index (χ0) is 18.5. The summed E-state index contributed by atoms with van der Waals surface area (Å²) >= 11 is 6.03. The van der Waals surface area contributed by atoms with Crippen LogP contribution in [0, 0.1) is 6.92 Å². The minimum Gasteiger partial charge on any atom is -0.378 e. The molecule has 26 heavy (non-hydrogen) atoms. The maximum atomic E-state index is 12.2. The molecule has 3 rings (SSSR count). The van der Waals surface area contributed by atoms with Gasteiger partial charge in [-0.05, 0) is 24.1 Å². The second-order valence-electron chi connectivity index (χ2n) is 6.06. The van der Waals surface area contributed by atoms with E-state index in [1.54, 1.807) is 30.5 Å². The zero-order valence-electron chi connectivity index (χ0n) is 14.4. The quantitative estimate of drug-likeness (QED) is 0.701. The van der Waals surface area contributed by atoms with Gasteiger partial charge < -0.3 is 15.0 Å². The van der Waals surface area contributed by atoms with Gasteiger partial charge >= 0.3 is 0 Å². The molecular weight excluding hydrogens is 350 g/mol. The van der Waals surface area contributed by atoms with Crippen molar-refractivity contribution in [2.24, 2.45) is 0 Å². The number of aromatic nitrogens is 2. The predicted octanol–water partition coefficient (Wildman–Crippen LogP) is 3.24. The number of nitrogens with zero attached hydrogens (tertiary/aromatic N) is 2. The molecule has 134 valence electrons. The molecule has 1 amide bonds. The first kappa shape index (κ1) is 18.2. The van der Waals surface area contributed by atoms with Gasteiger partial charge in [0.05, 0.1) is 0 Å². The van der Waals surface area contributed by atoms with Crippen molar-refractivity contribution >= 4 is 17.5 Å². The molecule has 2 N–H and O–H groups in total. The van der Waals surface area contributed by atoms with Crippen LogP contribution in [0.2, 0.25) is 5.02 Å². The molecule has 0 fully saturated rings. The van der Waals surface area contributed by atoms with Gasteiger partial charge in [-0.2, -0.15) is 0 Å². The van der Waals surface area contributed by atoms with Crippen molar-refractivity contribution in [1.82, 2.24) is 14.9 Å². The van der Waals surface area contributed by atoms with Crippen molar-refractivity contribution in [2.75, 3.05) is 0 Å². The van der Waals surface area contributed by atoms with Crippen molar-refractivity contribution < 1.29 is 9.90 Å². The summed E-state index contributed by atoms with van der Waals surface area (Å²) in [6, 6.07) is 14.7. The van der Waals surface area contributed by atoms with Crippen LogP contribution in [0.25, 0.3) is 0 Å². The highest BCUT2D eigenvalue weighted by molar-refractivity contribution is 6.31. The molecule has 0 spiro atoms. The fourth-order valence-corrected chi connectivity index (χ4v) is 2.97. The second kappa shape index (κ2) is 8.17. The van der Waals surface area contributed by atoms with Crippen LogP contribution in [0.5, 0.6) is 0 Å². The number of benzene rings is 2. The van der Waals surface area contributed by atoms with Crippen LogP contribution in [-0.2, 0) is 17.9 Å². The molecular formula is C20H20ClN3O2. The summed E-state index contributed by atoms with van der Waals surface area (Å²) in [7, 11) is 0. The van der Waals surface area contributed by atoms with Gasteiger partial charge in [0.25, 0.3) is 5.91 Å². The molecule has 5 nitrogen and oxygen atoms in total. The van der Waals surface area contributed by atoms with Gasteiger partial charge in [0, 0.05) is 36.1 Å². The molecule has 0 aliphatic rings. The summed E-state index contributed by atoms with van der Waals surface area (Å²) < 4.78 is 2.05. The first-order chi connectivity index (χ1) is 12.5. The summed E-state index contributed by atoms with van der Waals surface area (Å²) in [6.07, 6.45) is 2.42. The summed E-state index contributed by atoms with van der Waals surface area (Å²) in [6.45, 7) is 3.01. The minimum atomic E-state index is -1.29. The van der Waals surface area contributed by atoms with E-state index in [4.69, 9.17) is 11.6 Å². The molecule has 0 radical (unpaired) electrons. The van der Waals surface area contributed by atoms with Crippen molar-refractivity contribution in [2.45, 2.75) is 26.1 Å². The van der Waals surface area contributed by atoms with Crippen LogP contribution >= 0.6 is 11.6 Å². The Morgan fingerprint density at radius 1 is 1.23 bits per heavy atom. The first-order valence-electron chi connectivity index (χ1n) is 8.30. The van der Waals surface area contributed by atoms with E-state index in [9.17, 15) is 9.90 Å². The van der Waals surface area contributed by atoms with Crippen molar-refractivity contribution in [1.29, 1.82) is 0 Å². The third kappa shape index (κ3) is 4.31. The van der Waals surface area contributed by atoms with E-state index in [1.807, 2.05) is 37.4 Å². The molecule has 3 aromatic rings. The smallest absolute Gasteiger partial charge is 0.253 e. The van der Waals surface area contributed by atoms with Crippen molar-refractivity contribution in [3.63, 3.8) is 0 Å². The normalized spacial score (nSPS) is 12.0. The third-order valence-electron chi connectivity index (χ3n) is 4.18. The number of carbonyl (C=O) groups is 1. The monoisotopic (exact) mass is 369 g/mol. The SMILES string of the molecule is Cc1nccn1Cc1cccc(CNC(=O)[C@H](O)c2ccccc2Cl)c1. The fourth-order valence-electron chi connectivity index (χ4n) is 2.73. The number of halogens is 1. The lowest BCUT2D eigenvalue weighted by atomic mass is 10.1. The topological polar surface area (TPSA) is 67.2 Å². The Hall–Kier alpha value is -2.63. The van der Waals surface area contributed by atoms with Gasteiger partial charge in [0.1, 0.15) is 5.82 Å². The molecule has 0 aliphatic carbocycles. The molecule has 2 aromatic carbocycles. The fraction of sp³-hybridized carbons (Fsp3) is 0.200.